The fraction of sp³-hybridized carbons (Fsp3) is 0.778. The summed E-state index contributed by atoms with van der Waals surface area (Å²) in [5.41, 5.74) is 5.53. The van der Waals surface area contributed by atoms with Crippen LogP contribution < -0.4 is 5.73 Å². The minimum atomic E-state index is -0.687. The first-order chi connectivity index (χ1) is 6.52. The van der Waals surface area contributed by atoms with E-state index in [0.29, 0.717) is 17.8 Å². The number of thiocarbonyl (C=S) groups is 1. The normalized spacial score (nSPS) is 21.8. The number of nitrogens with two attached hydrogens (primary N) is 1. The van der Waals surface area contributed by atoms with Gasteiger partial charge in [0.1, 0.15) is 0 Å². The van der Waals surface area contributed by atoms with Crippen molar-refractivity contribution in [3.63, 3.8) is 0 Å². The molecule has 0 aromatic rings. The van der Waals surface area contributed by atoms with Crippen molar-refractivity contribution < 1.29 is 9.90 Å². The van der Waals surface area contributed by atoms with Gasteiger partial charge < -0.3 is 10.8 Å². The smallest absolute Gasteiger partial charge is 0.306 e. The van der Waals surface area contributed by atoms with Gasteiger partial charge in [0.2, 0.25) is 0 Å². The van der Waals surface area contributed by atoms with Crippen molar-refractivity contribution in [1.82, 2.24) is 4.90 Å². The van der Waals surface area contributed by atoms with Crippen LogP contribution in [0.25, 0.3) is 0 Å². The summed E-state index contributed by atoms with van der Waals surface area (Å²) in [7, 11) is 0. The fourth-order valence-electron chi connectivity index (χ4n) is 1.71. The van der Waals surface area contributed by atoms with E-state index in [1.807, 2.05) is 6.92 Å². The van der Waals surface area contributed by atoms with Gasteiger partial charge in [-0.1, -0.05) is 12.2 Å². The maximum atomic E-state index is 10.7. The molecule has 0 saturated carbocycles. The molecule has 0 amide bonds. The molecule has 3 N–H and O–H groups in total. The Morgan fingerprint density at radius 3 is 2.43 bits per heavy atom. The van der Waals surface area contributed by atoms with Gasteiger partial charge in [0.05, 0.1) is 16.9 Å². The molecule has 0 aliphatic carbocycles. The van der Waals surface area contributed by atoms with Gasteiger partial charge in [0, 0.05) is 0 Å². The fourth-order valence-corrected chi connectivity index (χ4v) is 1.86. The van der Waals surface area contributed by atoms with Crippen LogP contribution in [0.3, 0.4) is 0 Å². The van der Waals surface area contributed by atoms with Crippen LogP contribution in [0.5, 0.6) is 0 Å². The number of carboxylic acid groups (broad SMARTS) is 1. The number of hydrogen-bond donors (Lipinski definition) is 2. The molecule has 80 valence electrons. The topological polar surface area (TPSA) is 66.6 Å². The van der Waals surface area contributed by atoms with Crippen LogP contribution in [-0.4, -0.2) is 40.1 Å². The zero-order valence-electron chi connectivity index (χ0n) is 8.27. The van der Waals surface area contributed by atoms with Crippen LogP contribution in [-0.2, 0) is 4.79 Å². The van der Waals surface area contributed by atoms with Crippen LogP contribution >= 0.6 is 12.2 Å². The highest BCUT2D eigenvalue weighted by molar-refractivity contribution is 7.80. The lowest BCUT2D eigenvalue weighted by atomic mass is 9.96. The molecule has 5 heteroatoms. The zero-order valence-corrected chi connectivity index (χ0v) is 9.09. The predicted octanol–water partition coefficient (Wildman–Crippen LogP) is 0.458. The molecule has 1 aliphatic heterocycles. The van der Waals surface area contributed by atoms with E-state index in [0.717, 1.165) is 13.1 Å². The van der Waals surface area contributed by atoms with Gasteiger partial charge in [0.25, 0.3) is 0 Å². The van der Waals surface area contributed by atoms with Crippen molar-refractivity contribution in [2.45, 2.75) is 25.8 Å². The first-order valence-corrected chi connectivity index (χ1v) is 5.19. The van der Waals surface area contributed by atoms with E-state index in [2.05, 4.69) is 4.90 Å². The van der Waals surface area contributed by atoms with Crippen molar-refractivity contribution in [2.75, 3.05) is 13.1 Å². The second-order valence-electron chi connectivity index (χ2n) is 3.73. The first kappa shape index (κ1) is 11.4. The Morgan fingerprint density at radius 1 is 1.57 bits per heavy atom. The van der Waals surface area contributed by atoms with Gasteiger partial charge in [0.15, 0.2) is 0 Å². The third-order valence-electron chi connectivity index (χ3n) is 2.84. The number of likely N-dealkylation sites (tertiary alicyclic amines) is 1. The van der Waals surface area contributed by atoms with Crippen molar-refractivity contribution in [3.8, 4) is 0 Å². The minimum Gasteiger partial charge on any atom is -0.481 e. The molecule has 1 fully saturated rings. The van der Waals surface area contributed by atoms with E-state index in [1.165, 1.54) is 0 Å². The monoisotopic (exact) mass is 216 g/mol. The van der Waals surface area contributed by atoms with Crippen molar-refractivity contribution in [3.05, 3.63) is 0 Å². The number of carbonyl (C=O) groups is 1. The minimum absolute atomic E-state index is 0.0831. The summed E-state index contributed by atoms with van der Waals surface area (Å²) >= 11 is 4.90. The summed E-state index contributed by atoms with van der Waals surface area (Å²) in [6.45, 7) is 3.51. The second-order valence-corrected chi connectivity index (χ2v) is 4.20. The van der Waals surface area contributed by atoms with E-state index < -0.39 is 5.97 Å². The van der Waals surface area contributed by atoms with Gasteiger partial charge in [-0.05, 0) is 32.9 Å². The Kier molecular flexibility index (Phi) is 3.83. The molecule has 14 heavy (non-hydrogen) atoms. The molecule has 0 bridgehead atoms. The van der Waals surface area contributed by atoms with Crippen molar-refractivity contribution >= 4 is 23.2 Å². The summed E-state index contributed by atoms with van der Waals surface area (Å²) in [6, 6.07) is 0.0831. The highest BCUT2D eigenvalue weighted by Crippen LogP contribution is 2.18. The highest BCUT2D eigenvalue weighted by Gasteiger charge is 2.27. The summed E-state index contributed by atoms with van der Waals surface area (Å²) in [4.78, 5) is 13.3. The lowest BCUT2D eigenvalue weighted by molar-refractivity contribution is -0.143. The molecule has 1 rings (SSSR count). The SMILES string of the molecule is CC(C(N)=S)N1CCC(C(=O)O)CC1. The highest BCUT2D eigenvalue weighted by atomic mass is 32.1. The van der Waals surface area contributed by atoms with Crippen molar-refractivity contribution in [2.24, 2.45) is 11.7 Å². The van der Waals surface area contributed by atoms with Gasteiger partial charge in [-0.3, -0.25) is 9.69 Å². The third-order valence-corrected chi connectivity index (χ3v) is 3.18. The largest absolute Gasteiger partial charge is 0.481 e. The zero-order chi connectivity index (χ0) is 10.7. The second kappa shape index (κ2) is 4.70. The van der Waals surface area contributed by atoms with E-state index in [9.17, 15) is 4.79 Å². The van der Waals surface area contributed by atoms with Crippen molar-refractivity contribution in [1.29, 1.82) is 0 Å². The summed E-state index contributed by atoms with van der Waals surface area (Å²) in [5, 5.41) is 8.80. The van der Waals surface area contributed by atoms with Gasteiger partial charge in [-0.2, -0.15) is 0 Å². The van der Waals surface area contributed by atoms with Crippen LogP contribution in [0.4, 0.5) is 0 Å². The standard InChI is InChI=1S/C9H16N2O2S/c1-6(8(10)14)11-4-2-7(3-5-11)9(12)13/h6-7H,2-5H2,1H3,(H2,10,14)(H,12,13). The molecular formula is C9H16N2O2S. The Bertz CT molecular complexity index is 237. The molecule has 4 nitrogen and oxygen atoms in total. The number of piperidine rings is 1. The van der Waals surface area contributed by atoms with E-state index >= 15 is 0 Å². The van der Waals surface area contributed by atoms with Gasteiger partial charge >= 0.3 is 5.97 Å². The first-order valence-electron chi connectivity index (χ1n) is 4.78. The number of rotatable bonds is 3. The van der Waals surface area contributed by atoms with Crippen LogP contribution in [0, 0.1) is 5.92 Å². The maximum Gasteiger partial charge on any atom is 0.306 e. The Morgan fingerprint density at radius 2 is 2.07 bits per heavy atom. The molecule has 0 radical (unpaired) electrons. The summed E-state index contributed by atoms with van der Waals surface area (Å²) in [6.07, 6.45) is 1.39. The number of hydrogen-bond acceptors (Lipinski definition) is 3. The lowest BCUT2D eigenvalue weighted by Crippen LogP contribution is -2.46. The van der Waals surface area contributed by atoms with E-state index in [1.54, 1.807) is 0 Å². The van der Waals surface area contributed by atoms with E-state index in [-0.39, 0.29) is 12.0 Å². The Labute approximate surface area is 89.1 Å². The molecule has 1 atom stereocenters. The molecule has 1 saturated heterocycles. The number of carboxylic acids is 1. The van der Waals surface area contributed by atoms with Crippen LogP contribution in [0.15, 0.2) is 0 Å². The van der Waals surface area contributed by atoms with E-state index in [4.69, 9.17) is 23.1 Å². The quantitative estimate of drug-likeness (QED) is 0.671. The molecule has 0 spiro atoms. The Hall–Kier alpha value is -0.680. The van der Waals surface area contributed by atoms with Crippen LogP contribution in [0.1, 0.15) is 19.8 Å². The van der Waals surface area contributed by atoms with Gasteiger partial charge in [-0.15, -0.1) is 0 Å². The van der Waals surface area contributed by atoms with Gasteiger partial charge in [-0.25, -0.2) is 0 Å². The number of aliphatic carboxylic acids is 1. The molecular weight excluding hydrogens is 200 g/mol. The average Bonchev–Trinajstić information content (AvgIpc) is 2.16. The van der Waals surface area contributed by atoms with Crippen LogP contribution in [0.2, 0.25) is 0 Å². The molecule has 1 unspecified atom stereocenters. The lowest BCUT2D eigenvalue weighted by Gasteiger charge is -2.34. The molecule has 1 aliphatic rings. The summed E-state index contributed by atoms with van der Waals surface area (Å²) in [5.74, 6) is -0.877. The third kappa shape index (κ3) is 2.65. The molecule has 0 aromatic heterocycles. The summed E-state index contributed by atoms with van der Waals surface area (Å²) < 4.78 is 0. The maximum absolute atomic E-state index is 10.7. The average molecular weight is 216 g/mol. The predicted molar refractivity (Wildman–Crippen MR) is 58.2 cm³/mol. The Balaban J connectivity index is 2.43. The number of nitrogens with zero attached hydrogens (tertiary/aromatic N) is 1. The molecule has 1 heterocycles. The molecule has 0 aromatic carbocycles.